The molecule has 1 aliphatic heterocycles. The Morgan fingerprint density at radius 1 is 1.03 bits per heavy atom. The Morgan fingerprint density at radius 2 is 1.76 bits per heavy atom. The Kier molecular flexibility index (Phi) is 7.91. The molecule has 4 heteroatoms. The molecule has 1 saturated heterocycles. The van der Waals surface area contributed by atoms with Crippen molar-refractivity contribution in [1.29, 1.82) is 0 Å². The molecular formula is C29H43NO3. The molecule has 2 amide bonds. The van der Waals surface area contributed by atoms with Crippen LogP contribution in [0.15, 0.2) is 23.3 Å². The van der Waals surface area contributed by atoms with Crippen molar-refractivity contribution < 1.29 is 14.4 Å². The smallest absolute Gasteiger partial charge is 0.256 e. The number of Topliss-reactive ketones (excluding diaryl/α,β-unsaturated/α-hetero) is 1. The number of hydrogen-bond acceptors (Lipinski definition) is 3. The predicted octanol–water partition coefficient (Wildman–Crippen LogP) is 6.40. The van der Waals surface area contributed by atoms with Crippen molar-refractivity contribution in [2.45, 2.75) is 110 Å². The monoisotopic (exact) mass is 453 g/mol. The Bertz CT molecular complexity index is 817. The highest BCUT2D eigenvalue weighted by Gasteiger charge is 2.53. The maximum Gasteiger partial charge on any atom is 0.256 e. The molecule has 1 heterocycles. The first-order valence-corrected chi connectivity index (χ1v) is 13.7. The molecule has 0 spiro atoms. The Balaban J connectivity index is 1.62. The van der Waals surface area contributed by atoms with E-state index in [-0.39, 0.29) is 47.4 Å². The van der Waals surface area contributed by atoms with E-state index in [4.69, 9.17) is 0 Å². The number of imide groups is 1. The average molecular weight is 454 g/mol. The summed E-state index contributed by atoms with van der Waals surface area (Å²) in [6, 6.07) is 0.0540. The van der Waals surface area contributed by atoms with Gasteiger partial charge >= 0.3 is 0 Å². The van der Waals surface area contributed by atoms with Crippen molar-refractivity contribution in [3.05, 3.63) is 23.3 Å². The van der Waals surface area contributed by atoms with E-state index in [0.29, 0.717) is 5.78 Å². The van der Waals surface area contributed by atoms with Crippen LogP contribution >= 0.6 is 0 Å². The first-order chi connectivity index (χ1) is 15.9. The number of rotatable bonds is 7. The van der Waals surface area contributed by atoms with Crippen LogP contribution in [0.3, 0.4) is 0 Å². The van der Waals surface area contributed by atoms with Gasteiger partial charge in [0.15, 0.2) is 0 Å². The van der Waals surface area contributed by atoms with E-state index in [2.05, 4.69) is 26.8 Å². The summed E-state index contributed by atoms with van der Waals surface area (Å²) in [7, 11) is 0. The molecule has 0 aromatic carbocycles. The fourth-order valence-corrected chi connectivity index (χ4v) is 7.09. The Labute approximate surface area is 200 Å². The second kappa shape index (κ2) is 10.7. The van der Waals surface area contributed by atoms with Crippen molar-refractivity contribution in [2.24, 2.45) is 29.6 Å². The van der Waals surface area contributed by atoms with E-state index >= 15 is 0 Å². The Morgan fingerprint density at radius 3 is 2.45 bits per heavy atom. The summed E-state index contributed by atoms with van der Waals surface area (Å²) in [5, 5.41) is 0. The topological polar surface area (TPSA) is 54.5 Å². The van der Waals surface area contributed by atoms with E-state index in [9.17, 15) is 14.4 Å². The third kappa shape index (κ3) is 4.91. The van der Waals surface area contributed by atoms with E-state index in [1.807, 2.05) is 6.08 Å². The molecule has 3 aliphatic carbocycles. The molecule has 4 nitrogen and oxygen atoms in total. The number of hydrogen-bond donors (Lipinski definition) is 0. The number of ketones is 1. The standard InChI is InChI=1S/C29H43NO3/c1-4-5-8-12-20(3)27(31)22-15-11-16-23-26-24(22)17-19(2)18-25(26)29(33)30(28(23)32)21-13-9-6-7-10-14-21/h17-18,20-24,26H,4-16H2,1-3H3/t20?,22?,23?,24-,26?/m1/s1. The summed E-state index contributed by atoms with van der Waals surface area (Å²) in [5.74, 6) is 0.0514. The minimum absolute atomic E-state index is 0.0113. The highest BCUT2D eigenvalue weighted by atomic mass is 16.2. The van der Waals surface area contributed by atoms with Gasteiger partial charge < -0.3 is 0 Å². The van der Waals surface area contributed by atoms with Crippen LogP contribution in [0.25, 0.3) is 0 Å². The van der Waals surface area contributed by atoms with E-state index in [1.54, 1.807) is 4.90 Å². The minimum atomic E-state index is -0.153. The second-order valence-corrected chi connectivity index (χ2v) is 11.2. The minimum Gasteiger partial charge on any atom is -0.299 e. The van der Waals surface area contributed by atoms with Crippen LogP contribution < -0.4 is 0 Å². The van der Waals surface area contributed by atoms with Gasteiger partial charge in [-0.15, -0.1) is 0 Å². The van der Waals surface area contributed by atoms with Crippen LogP contribution in [-0.2, 0) is 14.4 Å². The van der Waals surface area contributed by atoms with Crippen LogP contribution in [0.4, 0.5) is 0 Å². The van der Waals surface area contributed by atoms with Crippen molar-refractivity contribution >= 4 is 17.6 Å². The van der Waals surface area contributed by atoms with Gasteiger partial charge in [-0.25, -0.2) is 0 Å². The van der Waals surface area contributed by atoms with Crippen LogP contribution in [0.2, 0.25) is 0 Å². The fourth-order valence-electron chi connectivity index (χ4n) is 7.09. The number of unbranched alkanes of at least 4 members (excludes halogenated alkanes) is 2. The lowest BCUT2D eigenvalue weighted by atomic mass is 9.64. The molecule has 0 N–H and O–H groups in total. The van der Waals surface area contributed by atoms with Crippen molar-refractivity contribution in [3.8, 4) is 0 Å². The molecule has 0 bridgehead atoms. The zero-order valence-corrected chi connectivity index (χ0v) is 21.0. The summed E-state index contributed by atoms with van der Waals surface area (Å²) >= 11 is 0. The number of likely N-dealkylation sites (tertiary alicyclic amines) is 1. The molecule has 3 fully saturated rings. The van der Waals surface area contributed by atoms with Gasteiger partial charge in [0.25, 0.3) is 5.91 Å². The quantitative estimate of drug-likeness (QED) is 0.255. The summed E-state index contributed by atoms with van der Waals surface area (Å²) in [6.07, 6.45) is 17.6. The molecule has 4 aliphatic rings. The molecular weight excluding hydrogens is 410 g/mol. The van der Waals surface area contributed by atoms with Gasteiger partial charge in [-0.1, -0.05) is 82.9 Å². The van der Waals surface area contributed by atoms with E-state index < -0.39 is 0 Å². The number of carbonyl (C=O) groups is 3. The highest BCUT2D eigenvalue weighted by Crippen LogP contribution is 2.50. The van der Waals surface area contributed by atoms with Crippen molar-refractivity contribution in [2.75, 3.05) is 0 Å². The number of piperidine rings is 1. The molecule has 4 unspecified atom stereocenters. The molecule has 2 saturated carbocycles. The predicted molar refractivity (Wildman–Crippen MR) is 131 cm³/mol. The molecule has 182 valence electrons. The van der Waals surface area contributed by atoms with Crippen LogP contribution in [0, 0.1) is 29.6 Å². The lowest BCUT2D eigenvalue weighted by molar-refractivity contribution is -0.155. The molecule has 0 aromatic heterocycles. The molecule has 5 atom stereocenters. The molecule has 4 rings (SSSR count). The average Bonchev–Trinajstić information content (AvgIpc) is 3.17. The fraction of sp³-hybridized carbons (Fsp3) is 0.759. The SMILES string of the molecule is CCCCCC(C)C(=O)C1CCCC2C(=O)N(C3CCCCCC3)C(=O)C3=CC(C)=C[C@H]1C32. The molecule has 33 heavy (non-hydrogen) atoms. The van der Waals surface area contributed by atoms with Gasteiger partial charge in [-0.2, -0.15) is 0 Å². The Hall–Kier alpha value is -1.71. The summed E-state index contributed by atoms with van der Waals surface area (Å²) in [5.41, 5.74) is 1.89. The van der Waals surface area contributed by atoms with Gasteiger partial charge in [0.05, 0.1) is 0 Å². The first kappa shape index (κ1) is 24.4. The number of amides is 2. The number of carbonyl (C=O) groups excluding carboxylic acids is 3. The lowest BCUT2D eigenvalue weighted by Crippen LogP contribution is -2.56. The molecule has 0 radical (unpaired) electrons. The molecule has 0 aromatic rings. The second-order valence-electron chi connectivity index (χ2n) is 11.2. The van der Waals surface area contributed by atoms with Gasteiger partial charge in [-0.05, 0) is 44.9 Å². The van der Waals surface area contributed by atoms with Gasteiger partial charge in [0.2, 0.25) is 5.91 Å². The van der Waals surface area contributed by atoms with E-state index in [0.717, 1.165) is 75.4 Å². The van der Waals surface area contributed by atoms with Crippen LogP contribution in [-0.4, -0.2) is 28.5 Å². The first-order valence-electron chi connectivity index (χ1n) is 13.7. The summed E-state index contributed by atoms with van der Waals surface area (Å²) in [6.45, 7) is 6.33. The summed E-state index contributed by atoms with van der Waals surface area (Å²) in [4.78, 5) is 42.9. The number of nitrogens with zero attached hydrogens (tertiary/aromatic N) is 1. The third-order valence-electron chi connectivity index (χ3n) is 8.84. The van der Waals surface area contributed by atoms with Crippen molar-refractivity contribution in [3.63, 3.8) is 0 Å². The number of allylic oxidation sites excluding steroid dienone is 3. The van der Waals surface area contributed by atoms with Crippen molar-refractivity contribution in [1.82, 2.24) is 4.90 Å². The zero-order valence-electron chi connectivity index (χ0n) is 21.0. The summed E-state index contributed by atoms with van der Waals surface area (Å²) < 4.78 is 0. The van der Waals surface area contributed by atoms with E-state index in [1.165, 1.54) is 19.3 Å². The van der Waals surface area contributed by atoms with Crippen LogP contribution in [0.5, 0.6) is 0 Å². The maximum atomic E-state index is 13.8. The highest BCUT2D eigenvalue weighted by molar-refractivity contribution is 6.09. The lowest BCUT2D eigenvalue weighted by Gasteiger charge is -2.45. The van der Waals surface area contributed by atoms with Crippen LogP contribution in [0.1, 0.15) is 104 Å². The third-order valence-corrected chi connectivity index (χ3v) is 8.84. The van der Waals surface area contributed by atoms with Gasteiger partial charge in [0.1, 0.15) is 5.78 Å². The largest absolute Gasteiger partial charge is 0.299 e. The normalized spacial score (nSPS) is 31.8. The zero-order chi connectivity index (χ0) is 23.5. The maximum absolute atomic E-state index is 13.8. The van der Waals surface area contributed by atoms with Gasteiger partial charge in [-0.3, -0.25) is 19.3 Å². The van der Waals surface area contributed by atoms with Gasteiger partial charge in [0, 0.05) is 35.3 Å².